The van der Waals surface area contributed by atoms with E-state index in [1.54, 1.807) is 24.3 Å². The highest BCUT2D eigenvalue weighted by Gasteiger charge is 2.43. The predicted molar refractivity (Wildman–Crippen MR) is 90.4 cm³/mol. The number of halogens is 4. The highest BCUT2D eigenvalue weighted by atomic mass is 35.5. The number of carbonyl (C=O) groups excluding carboxylic acids is 1. The fourth-order valence-corrected chi connectivity index (χ4v) is 3.27. The molecule has 1 aromatic heterocycles. The average molecular weight is 387 g/mol. The fraction of sp³-hybridized carbons (Fsp3) is 0.471. The van der Waals surface area contributed by atoms with Crippen molar-refractivity contribution < 1.29 is 18.0 Å². The molecule has 3 rings (SSSR count). The number of aromatic nitrogens is 3. The summed E-state index contributed by atoms with van der Waals surface area (Å²) in [5, 5.41) is 4.67. The third-order valence-corrected chi connectivity index (χ3v) is 4.75. The molecule has 0 unspecified atom stereocenters. The van der Waals surface area contributed by atoms with Gasteiger partial charge in [0.05, 0.1) is 16.6 Å². The summed E-state index contributed by atoms with van der Waals surface area (Å²) in [5.41, 5.74) is 0.573. The number of aryl methyl sites for hydroxylation is 1. The number of rotatable bonds is 3. The molecular weight excluding hydrogens is 369 g/mol. The van der Waals surface area contributed by atoms with Gasteiger partial charge in [-0.15, -0.1) is 5.10 Å². The first kappa shape index (κ1) is 18.7. The van der Waals surface area contributed by atoms with Gasteiger partial charge in [-0.1, -0.05) is 30.7 Å². The second-order valence-corrected chi connectivity index (χ2v) is 6.61. The van der Waals surface area contributed by atoms with Crippen molar-refractivity contribution in [3.05, 3.63) is 40.9 Å². The highest BCUT2D eigenvalue weighted by molar-refractivity contribution is 6.32. The van der Waals surface area contributed by atoms with E-state index < -0.39 is 18.0 Å². The van der Waals surface area contributed by atoms with Crippen molar-refractivity contribution >= 4 is 17.5 Å². The zero-order valence-electron chi connectivity index (χ0n) is 14.1. The Hall–Kier alpha value is -2.09. The second kappa shape index (κ2) is 7.26. The molecule has 5 nitrogen and oxygen atoms in total. The first-order chi connectivity index (χ1) is 12.3. The van der Waals surface area contributed by atoms with Crippen LogP contribution in [0.25, 0.3) is 5.69 Å². The number of amides is 1. The van der Waals surface area contributed by atoms with Crippen molar-refractivity contribution in [2.75, 3.05) is 13.1 Å². The van der Waals surface area contributed by atoms with E-state index in [1.165, 1.54) is 9.58 Å². The van der Waals surface area contributed by atoms with Gasteiger partial charge in [-0.05, 0) is 25.0 Å². The molecular formula is C17H18ClF3N4O. The number of hydrogen-bond acceptors (Lipinski definition) is 3. The van der Waals surface area contributed by atoms with Crippen LogP contribution in [0.5, 0.6) is 0 Å². The Morgan fingerprint density at radius 2 is 2.08 bits per heavy atom. The lowest BCUT2D eigenvalue weighted by Gasteiger charge is -2.33. The number of piperidine rings is 1. The molecule has 9 heteroatoms. The molecule has 26 heavy (non-hydrogen) atoms. The number of hydrogen-bond donors (Lipinski definition) is 0. The van der Waals surface area contributed by atoms with Crippen molar-refractivity contribution in [1.82, 2.24) is 19.7 Å². The lowest BCUT2D eigenvalue weighted by atomic mass is 9.97. The molecule has 1 aromatic carbocycles. The molecule has 2 aromatic rings. The number of alkyl halides is 3. The van der Waals surface area contributed by atoms with E-state index in [9.17, 15) is 18.0 Å². The summed E-state index contributed by atoms with van der Waals surface area (Å²) in [7, 11) is 0. The maximum Gasteiger partial charge on any atom is 0.393 e. The standard InChI is InChI=1S/C17H18ClF3N4O/c1-2-14-22-15(23-25(14)13-8-4-3-7-12(13)18)16(26)24-9-5-6-11(10-24)17(19,20)21/h3-4,7-8,11H,2,5-6,9-10H2,1H3/t11-/m1/s1. The lowest BCUT2D eigenvalue weighted by Crippen LogP contribution is -2.44. The summed E-state index contributed by atoms with van der Waals surface area (Å²) in [4.78, 5) is 18.1. The third kappa shape index (κ3) is 3.70. The molecule has 0 spiro atoms. The Labute approximate surface area is 153 Å². The van der Waals surface area contributed by atoms with Gasteiger partial charge in [0.2, 0.25) is 5.82 Å². The number of nitrogens with zero attached hydrogens (tertiary/aromatic N) is 4. The van der Waals surface area contributed by atoms with Crippen LogP contribution in [-0.2, 0) is 6.42 Å². The van der Waals surface area contributed by atoms with Crippen LogP contribution in [-0.4, -0.2) is 44.8 Å². The van der Waals surface area contributed by atoms with Gasteiger partial charge >= 0.3 is 6.18 Å². The predicted octanol–water partition coefficient (Wildman–Crippen LogP) is 3.90. The van der Waals surface area contributed by atoms with E-state index in [-0.39, 0.29) is 25.3 Å². The van der Waals surface area contributed by atoms with Gasteiger partial charge in [0.1, 0.15) is 5.82 Å². The third-order valence-electron chi connectivity index (χ3n) is 4.43. The van der Waals surface area contributed by atoms with Gasteiger partial charge in [0, 0.05) is 19.5 Å². The molecule has 2 heterocycles. The molecule has 0 saturated carbocycles. The summed E-state index contributed by atoms with van der Waals surface area (Å²) in [6.45, 7) is 1.77. The van der Waals surface area contributed by atoms with Crippen molar-refractivity contribution in [2.45, 2.75) is 32.4 Å². The maximum atomic E-state index is 13.0. The Kier molecular flexibility index (Phi) is 5.22. The monoisotopic (exact) mass is 386 g/mol. The zero-order valence-corrected chi connectivity index (χ0v) is 14.9. The SMILES string of the molecule is CCc1nc(C(=O)N2CCC[C@@H](C(F)(F)F)C2)nn1-c1ccccc1Cl. The van der Waals surface area contributed by atoms with E-state index in [1.807, 2.05) is 6.92 Å². The fourth-order valence-electron chi connectivity index (χ4n) is 3.05. The molecule has 1 aliphatic heterocycles. The van der Waals surface area contributed by atoms with Crippen molar-refractivity contribution in [2.24, 2.45) is 5.92 Å². The maximum absolute atomic E-state index is 13.0. The van der Waals surface area contributed by atoms with Crippen molar-refractivity contribution in [1.29, 1.82) is 0 Å². The number of carbonyl (C=O) groups is 1. The van der Waals surface area contributed by atoms with Crippen LogP contribution in [0.15, 0.2) is 24.3 Å². The minimum absolute atomic E-state index is 0.0367. The van der Waals surface area contributed by atoms with Gasteiger partial charge in [-0.3, -0.25) is 4.79 Å². The zero-order chi connectivity index (χ0) is 18.9. The summed E-state index contributed by atoms with van der Waals surface area (Å²) in [6.07, 6.45) is -3.47. The highest BCUT2D eigenvalue weighted by Crippen LogP contribution is 2.33. The smallest absolute Gasteiger partial charge is 0.335 e. The average Bonchev–Trinajstić information content (AvgIpc) is 3.05. The first-order valence-corrected chi connectivity index (χ1v) is 8.76. The summed E-state index contributed by atoms with van der Waals surface area (Å²) < 4.78 is 40.4. The molecule has 0 bridgehead atoms. The first-order valence-electron chi connectivity index (χ1n) is 8.38. The molecule has 1 amide bonds. The normalized spacial score (nSPS) is 18.2. The second-order valence-electron chi connectivity index (χ2n) is 6.20. The Balaban J connectivity index is 1.88. The molecule has 1 aliphatic rings. The minimum atomic E-state index is -4.31. The molecule has 1 fully saturated rings. The van der Waals surface area contributed by atoms with Crippen LogP contribution in [0, 0.1) is 5.92 Å². The topological polar surface area (TPSA) is 51.0 Å². The van der Waals surface area contributed by atoms with Gasteiger partial charge in [0.25, 0.3) is 5.91 Å². The van der Waals surface area contributed by atoms with Crippen molar-refractivity contribution in [3.8, 4) is 5.69 Å². The largest absolute Gasteiger partial charge is 0.393 e. The number of benzene rings is 1. The molecule has 0 radical (unpaired) electrons. The van der Waals surface area contributed by atoms with E-state index in [0.29, 0.717) is 29.4 Å². The Bertz CT molecular complexity index is 806. The van der Waals surface area contributed by atoms with Gasteiger partial charge in [-0.25, -0.2) is 9.67 Å². The molecule has 140 valence electrons. The van der Waals surface area contributed by atoms with Crippen LogP contribution in [0.3, 0.4) is 0 Å². The van der Waals surface area contributed by atoms with Crippen molar-refractivity contribution in [3.63, 3.8) is 0 Å². The van der Waals surface area contributed by atoms with E-state index in [2.05, 4.69) is 10.1 Å². The number of para-hydroxylation sites is 1. The Morgan fingerprint density at radius 1 is 1.35 bits per heavy atom. The molecule has 0 N–H and O–H groups in total. The minimum Gasteiger partial charge on any atom is -0.335 e. The van der Waals surface area contributed by atoms with E-state index in [4.69, 9.17) is 11.6 Å². The van der Waals surface area contributed by atoms with E-state index >= 15 is 0 Å². The summed E-state index contributed by atoms with van der Waals surface area (Å²) in [5.74, 6) is -1.67. The summed E-state index contributed by atoms with van der Waals surface area (Å²) >= 11 is 6.19. The summed E-state index contributed by atoms with van der Waals surface area (Å²) in [6, 6.07) is 6.98. The molecule has 1 atom stereocenters. The van der Waals surface area contributed by atoms with Crippen LogP contribution in [0.1, 0.15) is 36.2 Å². The van der Waals surface area contributed by atoms with Crippen LogP contribution >= 0.6 is 11.6 Å². The van der Waals surface area contributed by atoms with Crippen LogP contribution in [0.2, 0.25) is 5.02 Å². The van der Waals surface area contributed by atoms with Gasteiger partial charge < -0.3 is 4.90 Å². The molecule has 1 saturated heterocycles. The van der Waals surface area contributed by atoms with Gasteiger partial charge in [0.15, 0.2) is 0 Å². The van der Waals surface area contributed by atoms with E-state index in [0.717, 1.165) is 0 Å². The van der Waals surface area contributed by atoms with Crippen LogP contribution in [0.4, 0.5) is 13.2 Å². The Morgan fingerprint density at radius 3 is 2.73 bits per heavy atom. The number of likely N-dealkylation sites (tertiary alicyclic amines) is 1. The lowest BCUT2D eigenvalue weighted by molar-refractivity contribution is -0.184. The quantitative estimate of drug-likeness (QED) is 0.804. The van der Waals surface area contributed by atoms with Gasteiger partial charge in [-0.2, -0.15) is 13.2 Å². The van der Waals surface area contributed by atoms with Crippen LogP contribution < -0.4 is 0 Å². The molecule has 0 aliphatic carbocycles.